The fourth-order valence-electron chi connectivity index (χ4n) is 2.73. The van der Waals surface area contributed by atoms with Crippen molar-refractivity contribution in [1.82, 2.24) is 9.80 Å². The van der Waals surface area contributed by atoms with Gasteiger partial charge in [-0.3, -0.25) is 9.59 Å². The zero-order chi connectivity index (χ0) is 18.1. The van der Waals surface area contributed by atoms with Crippen LogP contribution in [0.5, 0.6) is 0 Å². The lowest BCUT2D eigenvalue weighted by atomic mass is 10.1. The van der Waals surface area contributed by atoms with Crippen molar-refractivity contribution in [2.45, 2.75) is 25.7 Å². The van der Waals surface area contributed by atoms with Gasteiger partial charge in [-0.2, -0.15) is 0 Å². The molecule has 1 fully saturated rings. The zero-order valence-corrected chi connectivity index (χ0v) is 15.4. The molecule has 0 N–H and O–H groups in total. The van der Waals surface area contributed by atoms with Gasteiger partial charge in [-0.25, -0.2) is 8.42 Å². The highest BCUT2D eigenvalue weighted by Gasteiger charge is 2.27. The molecular formula is C17H24N2O4S. The molecule has 2 rings (SSSR count). The van der Waals surface area contributed by atoms with Crippen LogP contribution in [-0.4, -0.2) is 62.5 Å². The second kappa shape index (κ2) is 6.93. The van der Waals surface area contributed by atoms with Gasteiger partial charge in [0.2, 0.25) is 5.91 Å². The molecule has 0 radical (unpaired) electrons. The van der Waals surface area contributed by atoms with E-state index in [-0.39, 0.29) is 22.6 Å². The standard InChI is InChI=1S/C17H24N2O4S/c1-12(2)16(20)18-7-9-19(10-8-18)17(21)15-11-14(24(4,22)23)6-5-13(15)3/h5-6,11-12H,7-10H2,1-4H3. The van der Waals surface area contributed by atoms with Crippen LogP contribution in [0.1, 0.15) is 29.8 Å². The number of rotatable bonds is 3. The van der Waals surface area contributed by atoms with E-state index in [0.29, 0.717) is 31.7 Å². The van der Waals surface area contributed by atoms with Gasteiger partial charge in [-0.15, -0.1) is 0 Å². The van der Waals surface area contributed by atoms with E-state index in [4.69, 9.17) is 0 Å². The Morgan fingerprint density at radius 2 is 1.58 bits per heavy atom. The maximum atomic E-state index is 12.7. The third-order valence-electron chi connectivity index (χ3n) is 4.24. The number of benzene rings is 1. The summed E-state index contributed by atoms with van der Waals surface area (Å²) in [4.78, 5) is 28.3. The monoisotopic (exact) mass is 352 g/mol. The fraction of sp³-hybridized carbons (Fsp3) is 0.529. The van der Waals surface area contributed by atoms with Crippen LogP contribution in [-0.2, 0) is 14.6 Å². The Labute approximate surface area is 143 Å². The van der Waals surface area contributed by atoms with Crippen molar-refractivity contribution in [2.75, 3.05) is 32.4 Å². The van der Waals surface area contributed by atoms with Crippen molar-refractivity contribution >= 4 is 21.7 Å². The van der Waals surface area contributed by atoms with Crippen molar-refractivity contribution in [2.24, 2.45) is 5.92 Å². The number of carbonyl (C=O) groups is 2. The van der Waals surface area contributed by atoms with E-state index in [1.807, 2.05) is 13.8 Å². The summed E-state index contributed by atoms with van der Waals surface area (Å²) in [6.07, 6.45) is 1.13. The van der Waals surface area contributed by atoms with E-state index in [1.165, 1.54) is 12.1 Å². The summed E-state index contributed by atoms with van der Waals surface area (Å²) in [6.45, 7) is 7.44. The van der Waals surface area contributed by atoms with Gasteiger partial charge >= 0.3 is 0 Å². The number of piperazine rings is 1. The number of hydrogen-bond donors (Lipinski definition) is 0. The topological polar surface area (TPSA) is 74.8 Å². The summed E-state index contributed by atoms with van der Waals surface area (Å²) in [5.74, 6) is -0.145. The summed E-state index contributed by atoms with van der Waals surface area (Å²) in [6, 6.07) is 4.61. The number of sulfone groups is 1. The largest absolute Gasteiger partial charge is 0.339 e. The number of hydrogen-bond acceptors (Lipinski definition) is 4. The third-order valence-corrected chi connectivity index (χ3v) is 5.35. The van der Waals surface area contributed by atoms with Crippen molar-refractivity contribution in [1.29, 1.82) is 0 Å². The van der Waals surface area contributed by atoms with E-state index < -0.39 is 9.84 Å². The third kappa shape index (κ3) is 3.95. The van der Waals surface area contributed by atoms with Crippen molar-refractivity contribution < 1.29 is 18.0 Å². The van der Waals surface area contributed by atoms with E-state index in [9.17, 15) is 18.0 Å². The molecule has 6 nitrogen and oxygen atoms in total. The minimum atomic E-state index is -3.36. The van der Waals surface area contributed by atoms with Gasteiger partial charge in [0.15, 0.2) is 9.84 Å². The van der Waals surface area contributed by atoms with E-state index in [0.717, 1.165) is 11.8 Å². The average molecular weight is 352 g/mol. The molecule has 1 saturated heterocycles. The summed E-state index contributed by atoms with van der Waals surface area (Å²) >= 11 is 0. The van der Waals surface area contributed by atoms with Crippen LogP contribution < -0.4 is 0 Å². The van der Waals surface area contributed by atoms with Gasteiger partial charge in [-0.05, 0) is 24.6 Å². The first-order chi connectivity index (χ1) is 11.1. The first-order valence-corrected chi connectivity index (χ1v) is 9.89. The Balaban J connectivity index is 2.15. The fourth-order valence-corrected chi connectivity index (χ4v) is 3.37. The second-order valence-corrected chi connectivity index (χ2v) is 8.54. The molecule has 0 bridgehead atoms. The predicted octanol–water partition coefficient (Wildman–Crippen LogP) is 1.34. The van der Waals surface area contributed by atoms with Crippen LogP contribution >= 0.6 is 0 Å². The molecule has 0 unspecified atom stereocenters. The lowest BCUT2D eigenvalue weighted by Gasteiger charge is -2.35. The molecule has 24 heavy (non-hydrogen) atoms. The van der Waals surface area contributed by atoms with Crippen LogP contribution in [0.3, 0.4) is 0 Å². The quantitative estimate of drug-likeness (QED) is 0.823. The SMILES string of the molecule is Cc1ccc(S(C)(=O)=O)cc1C(=O)N1CCN(C(=O)C(C)C)CC1. The molecule has 0 aliphatic carbocycles. The Kier molecular flexibility index (Phi) is 5.32. The summed E-state index contributed by atoms with van der Waals surface area (Å²) < 4.78 is 23.4. The maximum Gasteiger partial charge on any atom is 0.254 e. The van der Waals surface area contributed by atoms with Gasteiger partial charge in [-0.1, -0.05) is 19.9 Å². The van der Waals surface area contributed by atoms with Gasteiger partial charge in [0.1, 0.15) is 0 Å². The number of amides is 2. The van der Waals surface area contributed by atoms with Crippen LogP contribution in [0.2, 0.25) is 0 Å². The molecule has 0 aromatic heterocycles. The normalized spacial score (nSPS) is 15.7. The molecule has 1 aliphatic rings. The Hall–Kier alpha value is -1.89. The van der Waals surface area contributed by atoms with Crippen molar-refractivity contribution in [3.63, 3.8) is 0 Å². The van der Waals surface area contributed by atoms with Crippen LogP contribution in [0.15, 0.2) is 23.1 Å². The van der Waals surface area contributed by atoms with E-state index >= 15 is 0 Å². The minimum Gasteiger partial charge on any atom is -0.339 e. The highest BCUT2D eigenvalue weighted by atomic mass is 32.2. The van der Waals surface area contributed by atoms with E-state index in [2.05, 4.69) is 0 Å². The predicted molar refractivity (Wildman–Crippen MR) is 91.6 cm³/mol. The Morgan fingerprint density at radius 1 is 1.04 bits per heavy atom. The lowest BCUT2D eigenvalue weighted by Crippen LogP contribution is -2.51. The molecule has 2 amide bonds. The maximum absolute atomic E-state index is 12.7. The summed E-state index contributed by atoms with van der Waals surface area (Å²) in [7, 11) is -3.36. The lowest BCUT2D eigenvalue weighted by molar-refractivity contribution is -0.135. The van der Waals surface area contributed by atoms with Gasteiger partial charge < -0.3 is 9.80 Å². The highest BCUT2D eigenvalue weighted by Crippen LogP contribution is 2.18. The molecule has 132 valence electrons. The minimum absolute atomic E-state index is 0.0547. The smallest absolute Gasteiger partial charge is 0.254 e. The zero-order valence-electron chi connectivity index (χ0n) is 14.6. The Bertz CT molecular complexity index is 748. The molecule has 1 aromatic carbocycles. The van der Waals surface area contributed by atoms with Crippen LogP contribution in [0, 0.1) is 12.8 Å². The molecule has 0 spiro atoms. The molecule has 7 heteroatoms. The van der Waals surface area contributed by atoms with Gasteiger partial charge in [0, 0.05) is 43.9 Å². The van der Waals surface area contributed by atoms with Crippen molar-refractivity contribution in [3.8, 4) is 0 Å². The number of carbonyl (C=O) groups excluding carboxylic acids is 2. The molecule has 1 heterocycles. The molecule has 0 atom stereocenters. The molecular weight excluding hydrogens is 328 g/mol. The Morgan fingerprint density at radius 3 is 2.08 bits per heavy atom. The average Bonchev–Trinajstić information content (AvgIpc) is 2.53. The summed E-state index contributed by atoms with van der Waals surface area (Å²) in [5.41, 5.74) is 1.15. The molecule has 1 aliphatic heterocycles. The molecule has 0 saturated carbocycles. The first-order valence-electron chi connectivity index (χ1n) is 8.00. The van der Waals surface area contributed by atoms with Gasteiger partial charge in [0.25, 0.3) is 5.91 Å². The molecule has 1 aromatic rings. The first kappa shape index (κ1) is 18.4. The van der Waals surface area contributed by atoms with Crippen LogP contribution in [0.4, 0.5) is 0 Å². The number of nitrogens with zero attached hydrogens (tertiary/aromatic N) is 2. The van der Waals surface area contributed by atoms with Crippen molar-refractivity contribution in [3.05, 3.63) is 29.3 Å². The van der Waals surface area contributed by atoms with Gasteiger partial charge in [0.05, 0.1) is 4.90 Å². The highest BCUT2D eigenvalue weighted by molar-refractivity contribution is 7.90. The number of aryl methyl sites for hydroxylation is 1. The second-order valence-electron chi connectivity index (χ2n) is 6.52. The van der Waals surface area contributed by atoms with E-state index in [1.54, 1.807) is 22.8 Å². The van der Waals surface area contributed by atoms with Crippen LogP contribution in [0.25, 0.3) is 0 Å². The summed E-state index contributed by atoms with van der Waals surface area (Å²) in [5, 5.41) is 0.